The van der Waals surface area contributed by atoms with E-state index in [-0.39, 0.29) is 23.0 Å². The summed E-state index contributed by atoms with van der Waals surface area (Å²) >= 11 is 0. The molecule has 0 aliphatic rings. The van der Waals surface area contributed by atoms with E-state index >= 15 is 0 Å². The second-order valence-corrected chi connectivity index (χ2v) is 19.9. The van der Waals surface area contributed by atoms with Crippen molar-refractivity contribution in [2.45, 2.75) is 92.3 Å². The van der Waals surface area contributed by atoms with E-state index in [2.05, 4.69) is 100 Å². The molecule has 0 aromatic heterocycles. The molecule has 78 heavy (non-hydrogen) atoms. The normalized spacial score (nSPS) is 11.4. The molecule has 0 amide bonds. The fourth-order valence-corrected chi connectivity index (χ4v) is 10.4. The summed E-state index contributed by atoms with van der Waals surface area (Å²) in [5.74, 6) is 2.65. The number of phenolic OH excluding ortho intramolecular Hbond substituents is 2. The van der Waals surface area contributed by atoms with Crippen molar-refractivity contribution in [1.82, 2.24) is 0 Å². The Morgan fingerprint density at radius 1 is 0.295 bits per heavy atom. The second-order valence-electron chi connectivity index (χ2n) is 19.9. The van der Waals surface area contributed by atoms with E-state index in [1.54, 1.807) is 0 Å². The van der Waals surface area contributed by atoms with Crippen LogP contribution in [0.2, 0.25) is 0 Å². The molecule has 0 spiro atoms. The first-order chi connectivity index (χ1) is 38.4. The lowest BCUT2D eigenvalue weighted by atomic mass is 9.83. The fourth-order valence-electron chi connectivity index (χ4n) is 10.4. The van der Waals surface area contributed by atoms with E-state index in [0.717, 1.165) is 106 Å². The maximum Gasteiger partial charge on any atom is 0.170 e. The van der Waals surface area contributed by atoms with Crippen LogP contribution in [0.1, 0.15) is 90.2 Å². The van der Waals surface area contributed by atoms with E-state index in [1.807, 2.05) is 97.1 Å². The highest BCUT2D eigenvalue weighted by Crippen LogP contribution is 2.61. The molecule has 8 nitrogen and oxygen atoms in total. The third-order valence-electron chi connectivity index (χ3n) is 14.4. The van der Waals surface area contributed by atoms with Gasteiger partial charge in [0.15, 0.2) is 46.0 Å². The van der Waals surface area contributed by atoms with Crippen molar-refractivity contribution < 1.29 is 38.6 Å². The average molecular weight is 1040 g/mol. The van der Waals surface area contributed by atoms with Crippen molar-refractivity contribution >= 4 is 43.1 Å². The van der Waals surface area contributed by atoms with Gasteiger partial charge in [-0.15, -0.1) is 0 Å². The molecule has 0 saturated heterocycles. The molecule has 10 aromatic carbocycles. The number of rotatable bonds is 25. The highest BCUT2D eigenvalue weighted by atomic mass is 16.5. The number of hydrogen-bond donors (Lipinski definition) is 2. The van der Waals surface area contributed by atoms with Gasteiger partial charge in [-0.3, -0.25) is 0 Å². The zero-order valence-corrected chi connectivity index (χ0v) is 45.4. The van der Waals surface area contributed by atoms with Gasteiger partial charge in [-0.25, -0.2) is 0 Å². The third kappa shape index (κ3) is 10.9. The zero-order valence-electron chi connectivity index (χ0n) is 45.4. The lowest BCUT2D eigenvalue weighted by molar-refractivity contribution is 0.260. The van der Waals surface area contributed by atoms with Crippen LogP contribution in [-0.4, -0.2) is 36.6 Å². The molecule has 0 heterocycles. The molecule has 0 aliphatic carbocycles. The molecular weight excluding hydrogens is 969 g/mol. The Kier molecular flexibility index (Phi) is 17.1. The standard InChI is InChI=1S/C70H70O8/c1-5-9-39-73-67-57(77-45-47-27-15-13-16-28-47)43-49-31-19-21-33-51(49)61(67)63-55-37-25-23-35-53(55)59(65(71)69(63)75-41-11-7-3)60-54-36-24-26-38-56(54)64(70(66(60)72)76-42-12-8-4)62-52-34-22-20-32-50(52)44-58(68(62)74-40-10-6-2)78-46-48-29-17-14-18-30-48/h13-38,43-44,71-72H,5-12,39-42,45-46H2,1-4H3. The summed E-state index contributed by atoms with van der Waals surface area (Å²) in [5, 5.41) is 33.8. The van der Waals surface area contributed by atoms with Crippen LogP contribution in [-0.2, 0) is 13.2 Å². The Hall–Kier alpha value is -8.36. The first kappa shape index (κ1) is 53.1. The van der Waals surface area contributed by atoms with Gasteiger partial charge in [0.2, 0.25) is 0 Å². The molecular formula is C70H70O8. The summed E-state index contributed by atoms with van der Waals surface area (Å²) in [7, 11) is 0. The van der Waals surface area contributed by atoms with E-state index in [0.29, 0.717) is 95.7 Å². The maximum absolute atomic E-state index is 13.6. The highest BCUT2D eigenvalue weighted by molar-refractivity contribution is 6.22. The van der Waals surface area contributed by atoms with Crippen LogP contribution < -0.4 is 28.4 Å². The molecule has 0 atom stereocenters. The number of benzene rings is 10. The predicted octanol–water partition coefficient (Wildman–Crippen LogP) is 18.6. The summed E-state index contributed by atoms with van der Waals surface area (Å²) in [6.45, 7) is 10.8. The number of phenols is 2. The Morgan fingerprint density at radius 3 is 0.923 bits per heavy atom. The largest absolute Gasteiger partial charge is 0.504 e. The van der Waals surface area contributed by atoms with Gasteiger partial charge in [-0.2, -0.15) is 0 Å². The van der Waals surface area contributed by atoms with Gasteiger partial charge >= 0.3 is 0 Å². The molecule has 0 fully saturated rings. The minimum Gasteiger partial charge on any atom is -0.504 e. The van der Waals surface area contributed by atoms with Gasteiger partial charge in [0, 0.05) is 33.4 Å². The van der Waals surface area contributed by atoms with Crippen LogP contribution in [0.25, 0.3) is 76.5 Å². The molecule has 10 rings (SSSR count). The van der Waals surface area contributed by atoms with E-state index in [9.17, 15) is 10.2 Å². The van der Waals surface area contributed by atoms with Crippen molar-refractivity contribution in [3.8, 4) is 79.4 Å². The molecule has 2 N–H and O–H groups in total. The fraction of sp³-hybridized carbons (Fsp3) is 0.257. The highest BCUT2D eigenvalue weighted by Gasteiger charge is 2.33. The second kappa shape index (κ2) is 25.2. The first-order valence-electron chi connectivity index (χ1n) is 28.0. The third-order valence-corrected chi connectivity index (χ3v) is 14.4. The minimum absolute atomic E-state index is 0.114. The van der Waals surface area contributed by atoms with Gasteiger partial charge in [-0.05, 0) is 92.0 Å². The van der Waals surface area contributed by atoms with Crippen molar-refractivity contribution in [3.05, 3.63) is 181 Å². The molecule has 398 valence electrons. The quantitative estimate of drug-likeness (QED) is 0.0547. The van der Waals surface area contributed by atoms with Crippen molar-refractivity contribution in [2.24, 2.45) is 0 Å². The monoisotopic (exact) mass is 1040 g/mol. The summed E-state index contributed by atoms with van der Waals surface area (Å²) in [6.07, 6.45) is 6.75. The Bertz CT molecular complexity index is 3420. The van der Waals surface area contributed by atoms with E-state index in [1.165, 1.54) is 0 Å². The summed E-state index contributed by atoms with van der Waals surface area (Å²) in [5.41, 5.74) is 5.72. The topological polar surface area (TPSA) is 95.8 Å². The SMILES string of the molecule is CCCCOc1c(OCc2ccccc2)cc2ccccc2c1-c1c(OCCCC)c(O)c(-c2c(O)c(OCCCC)c(-c3c(OCCCC)c(OCc4ccccc4)cc4ccccc34)c3ccccc23)c2ccccc12. The van der Waals surface area contributed by atoms with E-state index < -0.39 is 0 Å². The molecule has 0 saturated carbocycles. The number of ether oxygens (including phenoxy) is 6. The molecule has 0 aliphatic heterocycles. The molecule has 8 heteroatoms. The summed E-state index contributed by atoms with van der Waals surface area (Å²) in [4.78, 5) is 0. The average Bonchev–Trinajstić information content (AvgIpc) is 3.55. The number of unbranched alkanes of at least 4 members (excludes halogenated alkanes) is 4. The van der Waals surface area contributed by atoms with E-state index in [4.69, 9.17) is 28.4 Å². The summed E-state index contributed by atoms with van der Waals surface area (Å²) in [6, 6.07) is 57.0. The Balaban J connectivity index is 1.29. The Morgan fingerprint density at radius 2 is 0.577 bits per heavy atom. The number of aromatic hydroxyl groups is 2. The molecule has 0 unspecified atom stereocenters. The van der Waals surface area contributed by atoms with Crippen LogP contribution in [0, 0.1) is 0 Å². The molecule has 10 aromatic rings. The van der Waals surface area contributed by atoms with Crippen LogP contribution in [0.4, 0.5) is 0 Å². The Labute approximate surface area is 458 Å². The van der Waals surface area contributed by atoms with Gasteiger partial charge in [-0.1, -0.05) is 211 Å². The zero-order chi connectivity index (χ0) is 53.8. The number of hydrogen-bond acceptors (Lipinski definition) is 8. The molecule has 0 radical (unpaired) electrons. The van der Waals surface area contributed by atoms with Gasteiger partial charge < -0.3 is 38.6 Å². The smallest absolute Gasteiger partial charge is 0.170 e. The van der Waals surface area contributed by atoms with Crippen LogP contribution in [0.15, 0.2) is 170 Å². The first-order valence-corrected chi connectivity index (χ1v) is 28.0. The number of fused-ring (bicyclic) bond motifs is 4. The van der Waals surface area contributed by atoms with Gasteiger partial charge in [0.25, 0.3) is 0 Å². The van der Waals surface area contributed by atoms with Crippen molar-refractivity contribution in [2.75, 3.05) is 26.4 Å². The minimum atomic E-state index is -0.114. The molecule has 0 bridgehead atoms. The summed E-state index contributed by atoms with van der Waals surface area (Å²) < 4.78 is 41.3. The van der Waals surface area contributed by atoms with Crippen molar-refractivity contribution in [3.63, 3.8) is 0 Å². The van der Waals surface area contributed by atoms with Crippen LogP contribution in [0.3, 0.4) is 0 Å². The van der Waals surface area contributed by atoms with Gasteiger partial charge in [0.1, 0.15) is 13.2 Å². The maximum atomic E-state index is 13.6. The lowest BCUT2D eigenvalue weighted by Gasteiger charge is -2.26. The van der Waals surface area contributed by atoms with Gasteiger partial charge in [0.05, 0.1) is 26.4 Å². The van der Waals surface area contributed by atoms with Crippen LogP contribution >= 0.6 is 0 Å². The van der Waals surface area contributed by atoms with Crippen molar-refractivity contribution in [1.29, 1.82) is 0 Å². The predicted molar refractivity (Wildman–Crippen MR) is 319 cm³/mol. The lowest BCUT2D eigenvalue weighted by Crippen LogP contribution is -2.06. The van der Waals surface area contributed by atoms with Crippen LogP contribution in [0.5, 0.6) is 46.0 Å².